The number of aromatic nitrogens is 2. The average molecular weight is 278 g/mol. The first-order chi connectivity index (χ1) is 10.1. The molecule has 0 spiro atoms. The molecule has 0 unspecified atom stereocenters. The van der Waals surface area contributed by atoms with Crippen molar-refractivity contribution in [1.29, 1.82) is 0 Å². The number of hydrogen-bond acceptors (Lipinski definition) is 2. The first kappa shape index (κ1) is 13.6. The van der Waals surface area contributed by atoms with Crippen LogP contribution in [0.15, 0.2) is 53.3 Å². The van der Waals surface area contributed by atoms with Crippen LogP contribution in [0.25, 0.3) is 22.2 Å². The zero-order valence-corrected chi connectivity index (χ0v) is 12.3. The molecule has 3 heteroatoms. The molecule has 3 aromatic rings. The highest BCUT2D eigenvalue weighted by Gasteiger charge is 2.08. The van der Waals surface area contributed by atoms with Crippen LogP contribution in [-0.4, -0.2) is 9.97 Å². The maximum Gasteiger partial charge on any atom is 0.251 e. The molecule has 106 valence electrons. The SMILES string of the molecule is CC(C)Cc1cc(=O)[nH]c(-c2cccc3ccccc23)n1. The molecule has 0 radical (unpaired) electrons. The second-order valence-electron chi connectivity index (χ2n) is 5.71. The fourth-order valence-electron chi connectivity index (χ4n) is 2.59. The molecule has 0 bridgehead atoms. The highest BCUT2D eigenvalue weighted by Crippen LogP contribution is 2.25. The molecule has 1 aromatic heterocycles. The minimum atomic E-state index is -0.0939. The third kappa shape index (κ3) is 2.87. The number of hydrogen-bond donors (Lipinski definition) is 1. The number of nitrogens with zero attached hydrogens (tertiary/aromatic N) is 1. The summed E-state index contributed by atoms with van der Waals surface area (Å²) in [6.45, 7) is 4.25. The van der Waals surface area contributed by atoms with Crippen LogP contribution < -0.4 is 5.56 Å². The van der Waals surface area contributed by atoms with Gasteiger partial charge < -0.3 is 4.98 Å². The Labute approximate surface area is 123 Å². The van der Waals surface area contributed by atoms with Gasteiger partial charge in [0.2, 0.25) is 0 Å². The monoisotopic (exact) mass is 278 g/mol. The maximum absolute atomic E-state index is 11.9. The average Bonchev–Trinajstić information content (AvgIpc) is 2.45. The standard InChI is InChI=1S/C18H18N2O/c1-12(2)10-14-11-17(21)20-18(19-14)16-9-5-7-13-6-3-4-8-15(13)16/h3-9,11-12H,10H2,1-2H3,(H,19,20,21). The number of H-pyrrole nitrogens is 1. The van der Waals surface area contributed by atoms with Crippen molar-refractivity contribution in [2.75, 3.05) is 0 Å². The van der Waals surface area contributed by atoms with Crippen molar-refractivity contribution < 1.29 is 0 Å². The van der Waals surface area contributed by atoms with Crippen LogP contribution >= 0.6 is 0 Å². The van der Waals surface area contributed by atoms with E-state index in [2.05, 4.69) is 42.0 Å². The number of nitrogens with one attached hydrogen (secondary N) is 1. The Balaban J connectivity index is 2.18. The van der Waals surface area contributed by atoms with Gasteiger partial charge >= 0.3 is 0 Å². The van der Waals surface area contributed by atoms with Crippen LogP contribution in [0.5, 0.6) is 0 Å². The van der Waals surface area contributed by atoms with E-state index in [1.807, 2.05) is 24.3 Å². The molecular formula is C18H18N2O. The number of benzene rings is 2. The van der Waals surface area contributed by atoms with E-state index in [1.165, 1.54) is 0 Å². The molecule has 21 heavy (non-hydrogen) atoms. The lowest BCUT2D eigenvalue weighted by molar-refractivity contribution is 0.634. The Kier molecular flexibility index (Phi) is 3.57. The molecule has 1 N–H and O–H groups in total. The molecule has 0 saturated heterocycles. The molecule has 0 aliphatic heterocycles. The highest BCUT2D eigenvalue weighted by molar-refractivity contribution is 5.94. The predicted octanol–water partition coefficient (Wildman–Crippen LogP) is 3.79. The normalized spacial score (nSPS) is 11.2. The van der Waals surface area contributed by atoms with E-state index in [4.69, 9.17) is 0 Å². The minimum Gasteiger partial charge on any atom is -0.306 e. The van der Waals surface area contributed by atoms with Gasteiger partial charge in [-0.15, -0.1) is 0 Å². The van der Waals surface area contributed by atoms with E-state index in [9.17, 15) is 4.79 Å². The Bertz CT molecular complexity index is 828. The second-order valence-corrected chi connectivity index (χ2v) is 5.71. The smallest absolute Gasteiger partial charge is 0.251 e. The second kappa shape index (κ2) is 5.52. The van der Waals surface area contributed by atoms with E-state index in [1.54, 1.807) is 6.07 Å². The van der Waals surface area contributed by atoms with Crippen molar-refractivity contribution in [3.63, 3.8) is 0 Å². The van der Waals surface area contributed by atoms with Crippen molar-refractivity contribution in [3.8, 4) is 11.4 Å². The Morgan fingerprint density at radius 3 is 2.67 bits per heavy atom. The van der Waals surface area contributed by atoms with Crippen molar-refractivity contribution >= 4 is 10.8 Å². The first-order valence-electron chi connectivity index (χ1n) is 7.22. The Morgan fingerprint density at radius 1 is 1.10 bits per heavy atom. The van der Waals surface area contributed by atoms with Crippen molar-refractivity contribution in [3.05, 3.63) is 64.6 Å². The molecule has 0 amide bonds. The summed E-state index contributed by atoms with van der Waals surface area (Å²) < 4.78 is 0. The number of aromatic amines is 1. The van der Waals surface area contributed by atoms with Crippen LogP contribution in [0.2, 0.25) is 0 Å². The van der Waals surface area contributed by atoms with Gasteiger partial charge in [0.25, 0.3) is 5.56 Å². The van der Waals surface area contributed by atoms with E-state index in [-0.39, 0.29) is 5.56 Å². The lowest BCUT2D eigenvalue weighted by atomic mass is 10.0. The third-order valence-corrected chi connectivity index (χ3v) is 3.46. The van der Waals surface area contributed by atoms with Gasteiger partial charge in [-0.2, -0.15) is 0 Å². The van der Waals surface area contributed by atoms with E-state index >= 15 is 0 Å². The van der Waals surface area contributed by atoms with Gasteiger partial charge in [-0.05, 0) is 23.1 Å². The van der Waals surface area contributed by atoms with Crippen LogP contribution in [-0.2, 0) is 6.42 Å². The summed E-state index contributed by atoms with van der Waals surface area (Å²) in [6.07, 6.45) is 0.807. The van der Waals surface area contributed by atoms with Crippen LogP contribution in [0, 0.1) is 5.92 Å². The summed E-state index contributed by atoms with van der Waals surface area (Å²) in [5.74, 6) is 1.12. The Morgan fingerprint density at radius 2 is 1.86 bits per heavy atom. The topological polar surface area (TPSA) is 45.8 Å². The highest BCUT2D eigenvalue weighted by atomic mass is 16.1. The molecule has 2 aromatic carbocycles. The van der Waals surface area contributed by atoms with Gasteiger partial charge in [-0.25, -0.2) is 4.98 Å². The molecule has 3 rings (SSSR count). The van der Waals surface area contributed by atoms with Crippen molar-refractivity contribution in [2.45, 2.75) is 20.3 Å². The molecular weight excluding hydrogens is 260 g/mol. The van der Waals surface area contributed by atoms with Crippen LogP contribution in [0.1, 0.15) is 19.5 Å². The summed E-state index contributed by atoms with van der Waals surface area (Å²) in [5, 5.41) is 2.25. The third-order valence-electron chi connectivity index (χ3n) is 3.46. The van der Waals surface area contributed by atoms with Crippen molar-refractivity contribution in [1.82, 2.24) is 9.97 Å². The fraction of sp³-hybridized carbons (Fsp3) is 0.222. The van der Waals surface area contributed by atoms with E-state index in [0.29, 0.717) is 11.7 Å². The summed E-state index contributed by atoms with van der Waals surface area (Å²) in [5.41, 5.74) is 1.72. The molecule has 0 aliphatic rings. The quantitative estimate of drug-likeness (QED) is 0.792. The lowest BCUT2D eigenvalue weighted by Crippen LogP contribution is -2.12. The van der Waals surface area contributed by atoms with E-state index in [0.717, 1.165) is 28.5 Å². The predicted molar refractivity (Wildman–Crippen MR) is 86.3 cm³/mol. The maximum atomic E-state index is 11.9. The van der Waals surface area contributed by atoms with Gasteiger partial charge in [-0.1, -0.05) is 56.3 Å². The minimum absolute atomic E-state index is 0.0939. The van der Waals surface area contributed by atoms with Crippen LogP contribution in [0.3, 0.4) is 0 Å². The number of rotatable bonds is 3. The summed E-state index contributed by atoms with van der Waals surface area (Å²) in [4.78, 5) is 19.4. The van der Waals surface area contributed by atoms with Gasteiger partial charge in [0.1, 0.15) is 5.82 Å². The van der Waals surface area contributed by atoms with Crippen molar-refractivity contribution in [2.24, 2.45) is 5.92 Å². The zero-order valence-electron chi connectivity index (χ0n) is 12.3. The van der Waals surface area contributed by atoms with Crippen LogP contribution in [0.4, 0.5) is 0 Å². The van der Waals surface area contributed by atoms with Gasteiger partial charge in [-0.3, -0.25) is 4.79 Å². The lowest BCUT2D eigenvalue weighted by Gasteiger charge is -2.09. The molecule has 3 nitrogen and oxygen atoms in total. The molecule has 1 heterocycles. The molecule has 0 saturated carbocycles. The molecule has 0 aliphatic carbocycles. The summed E-state index contributed by atoms with van der Waals surface area (Å²) in [7, 11) is 0. The Hall–Kier alpha value is -2.42. The van der Waals surface area contributed by atoms with Gasteiger partial charge in [0.15, 0.2) is 0 Å². The zero-order chi connectivity index (χ0) is 14.8. The molecule has 0 atom stereocenters. The van der Waals surface area contributed by atoms with Gasteiger partial charge in [0.05, 0.1) is 0 Å². The molecule has 0 fully saturated rings. The van der Waals surface area contributed by atoms with Gasteiger partial charge in [0, 0.05) is 17.3 Å². The summed E-state index contributed by atoms with van der Waals surface area (Å²) in [6, 6.07) is 15.8. The first-order valence-corrected chi connectivity index (χ1v) is 7.22. The number of fused-ring (bicyclic) bond motifs is 1. The largest absolute Gasteiger partial charge is 0.306 e. The summed E-state index contributed by atoms with van der Waals surface area (Å²) >= 11 is 0. The fourth-order valence-corrected chi connectivity index (χ4v) is 2.59. The van der Waals surface area contributed by atoms with E-state index < -0.39 is 0 Å².